The minimum atomic E-state index is -0.617. The van der Waals surface area contributed by atoms with E-state index in [-0.39, 0.29) is 6.61 Å². The van der Waals surface area contributed by atoms with E-state index in [4.69, 9.17) is 18.9 Å². The van der Waals surface area contributed by atoms with Gasteiger partial charge in [-0.05, 0) is 31.0 Å². The molecule has 0 heterocycles. The van der Waals surface area contributed by atoms with E-state index in [1.54, 1.807) is 21.3 Å². The standard InChI is InChI=1S/C23H33NO5/c1-18-9-5-6-11-21(18)29-17-20(25)16-24(13-8-14-26-2)15-19-10-7-12-22(27-3)23(19)28-4/h5-7,9-12,20,25H,8,13-17H2,1-4H3/t20-/m0/s1. The number of benzene rings is 2. The molecule has 2 aromatic carbocycles. The zero-order valence-corrected chi connectivity index (χ0v) is 17.9. The van der Waals surface area contributed by atoms with Gasteiger partial charge in [0.25, 0.3) is 0 Å². The summed E-state index contributed by atoms with van der Waals surface area (Å²) < 4.78 is 22.0. The molecule has 0 spiro atoms. The second kappa shape index (κ2) is 12.3. The molecular weight excluding hydrogens is 370 g/mol. The topological polar surface area (TPSA) is 60.4 Å². The van der Waals surface area contributed by atoms with Crippen LogP contribution in [0.5, 0.6) is 17.2 Å². The highest BCUT2D eigenvalue weighted by atomic mass is 16.5. The van der Waals surface area contributed by atoms with Crippen LogP contribution in [0.1, 0.15) is 17.5 Å². The fraction of sp³-hybridized carbons (Fsp3) is 0.478. The molecule has 0 aromatic heterocycles. The first-order valence-corrected chi connectivity index (χ1v) is 9.86. The van der Waals surface area contributed by atoms with E-state index in [1.807, 2.05) is 49.4 Å². The number of methoxy groups -OCH3 is 3. The van der Waals surface area contributed by atoms with Crippen molar-refractivity contribution >= 4 is 0 Å². The fourth-order valence-electron chi connectivity index (χ4n) is 3.24. The molecule has 1 N–H and O–H groups in total. The molecule has 6 nitrogen and oxygen atoms in total. The van der Waals surface area contributed by atoms with Crippen LogP contribution >= 0.6 is 0 Å². The van der Waals surface area contributed by atoms with Crippen LogP contribution in [0.15, 0.2) is 42.5 Å². The van der Waals surface area contributed by atoms with Crippen LogP contribution in [-0.2, 0) is 11.3 Å². The minimum Gasteiger partial charge on any atom is -0.493 e. The maximum atomic E-state index is 10.6. The van der Waals surface area contributed by atoms with Crippen LogP contribution in [-0.4, -0.2) is 63.7 Å². The van der Waals surface area contributed by atoms with E-state index in [9.17, 15) is 5.11 Å². The summed E-state index contributed by atoms with van der Waals surface area (Å²) in [7, 11) is 4.96. The molecule has 0 unspecified atom stereocenters. The lowest BCUT2D eigenvalue weighted by Gasteiger charge is -2.26. The Morgan fingerprint density at radius 2 is 1.72 bits per heavy atom. The first-order chi connectivity index (χ1) is 14.1. The molecule has 2 rings (SSSR count). The maximum Gasteiger partial charge on any atom is 0.165 e. The Morgan fingerprint density at radius 3 is 2.41 bits per heavy atom. The van der Waals surface area contributed by atoms with Gasteiger partial charge in [-0.15, -0.1) is 0 Å². The number of nitrogens with zero attached hydrogens (tertiary/aromatic N) is 1. The van der Waals surface area contributed by atoms with Crippen LogP contribution < -0.4 is 14.2 Å². The lowest BCUT2D eigenvalue weighted by atomic mass is 10.1. The number of ether oxygens (including phenoxy) is 4. The van der Waals surface area contributed by atoms with E-state index in [0.29, 0.717) is 25.4 Å². The molecule has 0 bridgehead atoms. The molecule has 0 amide bonds. The fourth-order valence-corrected chi connectivity index (χ4v) is 3.24. The van der Waals surface area contributed by atoms with Crippen molar-refractivity contribution in [3.05, 3.63) is 53.6 Å². The Morgan fingerprint density at radius 1 is 0.966 bits per heavy atom. The predicted molar refractivity (Wildman–Crippen MR) is 114 cm³/mol. The summed E-state index contributed by atoms with van der Waals surface area (Å²) in [5.74, 6) is 2.22. The van der Waals surface area contributed by atoms with Gasteiger partial charge in [-0.25, -0.2) is 0 Å². The summed E-state index contributed by atoms with van der Waals surface area (Å²) in [6, 6.07) is 13.6. The van der Waals surface area contributed by atoms with Gasteiger partial charge in [-0.1, -0.05) is 30.3 Å². The van der Waals surface area contributed by atoms with E-state index in [2.05, 4.69) is 4.90 Å². The van der Waals surface area contributed by atoms with Gasteiger partial charge >= 0.3 is 0 Å². The van der Waals surface area contributed by atoms with Crippen molar-refractivity contribution in [2.24, 2.45) is 0 Å². The number of aliphatic hydroxyl groups excluding tert-OH is 1. The summed E-state index contributed by atoms with van der Waals surface area (Å²) in [6.07, 6.45) is 0.252. The minimum absolute atomic E-state index is 0.237. The highest BCUT2D eigenvalue weighted by molar-refractivity contribution is 5.46. The average Bonchev–Trinajstić information content (AvgIpc) is 2.73. The molecule has 6 heteroatoms. The van der Waals surface area contributed by atoms with E-state index in [0.717, 1.165) is 35.6 Å². The van der Waals surface area contributed by atoms with Crippen molar-refractivity contribution in [2.75, 3.05) is 47.6 Å². The number of aryl methyl sites for hydroxylation is 1. The lowest BCUT2D eigenvalue weighted by molar-refractivity contribution is 0.0612. The first-order valence-electron chi connectivity index (χ1n) is 9.86. The number of aliphatic hydroxyl groups is 1. The number of para-hydroxylation sites is 2. The molecule has 0 aliphatic carbocycles. The summed E-state index contributed by atoms with van der Waals surface area (Å²) in [5.41, 5.74) is 2.06. The second-order valence-electron chi connectivity index (χ2n) is 6.96. The van der Waals surface area contributed by atoms with Crippen molar-refractivity contribution in [2.45, 2.75) is 26.0 Å². The average molecular weight is 404 g/mol. The molecule has 1 atom stereocenters. The maximum absolute atomic E-state index is 10.6. The van der Waals surface area contributed by atoms with Crippen LogP contribution in [0.2, 0.25) is 0 Å². The third kappa shape index (κ3) is 7.24. The first kappa shape index (κ1) is 23.0. The van der Waals surface area contributed by atoms with Gasteiger partial charge < -0.3 is 24.1 Å². The third-order valence-corrected chi connectivity index (χ3v) is 4.70. The summed E-state index contributed by atoms with van der Waals surface area (Å²) in [5, 5.41) is 10.6. The molecule has 0 aliphatic rings. The highest BCUT2D eigenvalue weighted by Gasteiger charge is 2.17. The zero-order valence-electron chi connectivity index (χ0n) is 17.9. The molecule has 29 heavy (non-hydrogen) atoms. The summed E-state index contributed by atoms with van der Waals surface area (Å²) >= 11 is 0. The monoisotopic (exact) mass is 403 g/mol. The van der Waals surface area contributed by atoms with Gasteiger partial charge in [0.1, 0.15) is 18.5 Å². The Hall–Kier alpha value is -2.28. The third-order valence-electron chi connectivity index (χ3n) is 4.70. The summed E-state index contributed by atoms with van der Waals surface area (Å²) in [6.45, 7) is 4.80. The van der Waals surface area contributed by atoms with Gasteiger partial charge in [0.2, 0.25) is 0 Å². The molecule has 0 saturated carbocycles. The molecule has 2 aromatic rings. The normalized spacial score (nSPS) is 12.1. The van der Waals surface area contributed by atoms with Gasteiger partial charge in [0.05, 0.1) is 14.2 Å². The van der Waals surface area contributed by atoms with Gasteiger partial charge in [-0.3, -0.25) is 4.90 Å². The summed E-state index contributed by atoms with van der Waals surface area (Å²) in [4.78, 5) is 2.18. The Kier molecular flexibility index (Phi) is 9.77. The molecule has 0 aliphatic heterocycles. The van der Waals surface area contributed by atoms with Crippen LogP contribution in [0, 0.1) is 6.92 Å². The van der Waals surface area contributed by atoms with Crippen molar-refractivity contribution in [3.63, 3.8) is 0 Å². The smallest absolute Gasteiger partial charge is 0.165 e. The number of hydrogen-bond donors (Lipinski definition) is 1. The second-order valence-corrected chi connectivity index (χ2v) is 6.96. The van der Waals surface area contributed by atoms with E-state index in [1.165, 1.54) is 0 Å². The van der Waals surface area contributed by atoms with Crippen molar-refractivity contribution in [1.29, 1.82) is 0 Å². The largest absolute Gasteiger partial charge is 0.493 e. The SMILES string of the molecule is COCCCN(Cc1cccc(OC)c1OC)C[C@H](O)COc1ccccc1C. The predicted octanol–water partition coefficient (Wildman–Crippen LogP) is 3.29. The molecule has 160 valence electrons. The van der Waals surface area contributed by atoms with Crippen LogP contribution in [0.25, 0.3) is 0 Å². The Bertz CT molecular complexity index is 737. The van der Waals surface area contributed by atoms with E-state index < -0.39 is 6.10 Å². The quantitative estimate of drug-likeness (QED) is 0.518. The highest BCUT2D eigenvalue weighted by Crippen LogP contribution is 2.31. The van der Waals surface area contributed by atoms with Crippen molar-refractivity contribution < 1.29 is 24.1 Å². The van der Waals surface area contributed by atoms with Crippen molar-refractivity contribution in [1.82, 2.24) is 4.90 Å². The van der Waals surface area contributed by atoms with Crippen LogP contribution in [0.4, 0.5) is 0 Å². The zero-order chi connectivity index (χ0) is 21.1. The number of rotatable bonds is 13. The Labute approximate surface area is 174 Å². The van der Waals surface area contributed by atoms with E-state index >= 15 is 0 Å². The number of hydrogen-bond acceptors (Lipinski definition) is 6. The van der Waals surface area contributed by atoms with Gasteiger partial charge in [-0.2, -0.15) is 0 Å². The van der Waals surface area contributed by atoms with Gasteiger partial charge in [0.15, 0.2) is 11.5 Å². The Balaban J connectivity index is 2.02. The molecule has 0 fully saturated rings. The molecule has 0 saturated heterocycles. The van der Waals surface area contributed by atoms with Crippen molar-refractivity contribution in [3.8, 4) is 17.2 Å². The lowest BCUT2D eigenvalue weighted by Crippen LogP contribution is -2.36. The molecular formula is C23H33NO5. The van der Waals surface area contributed by atoms with Gasteiger partial charge in [0, 0.05) is 38.9 Å². The molecule has 0 radical (unpaired) electrons. The van der Waals surface area contributed by atoms with Crippen LogP contribution in [0.3, 0.4) is 0 Å².